The van der Waals surface area contributed by atoms with Gasteiger partial charge in [0.05, 0.1) is 5.71 Å². The van der Waals surface area contributed by atoms with Crippen LogP contribution in [-0.2, 0) is 9.36 Å². The predicted octanol–water partition coefficient (Wildman–Crippen LogP) is -11.6. The van der Waals surface area contributed by atoms with Crippen molar-refractivity contribution in [2.45, 2.75) is 24.6 Å². The molecular formula is C6H11NNa3O7PS. The number of carboxylic acid groups (broad SMARTS) is 2. The summed E-state index contributed by atoms with van der Waals surface area (Å²) in [5, 5.41) is 17.4. The monoisotopic (exact) mass is 341 g/mol. The zero-order valence-corrected chi connectivity index (χ0v) is 19.2. The average molecular weight is 341 g/mol. The Labute approximate surface area is 182 Å². The number of thiol groups is 1. The molecule has 0 unspecified atom stereocenters. The van der Waals surface area contributed by atoms with Crippen LogP contribution >= 0.6 is 20.2 Å². The van der Waals surface area contributed by atoms with E-state index in [1.54, 1.807) is 13.8 Å². The van der Waals surface area contributed by atoms with Crippen LogP contribution in [0.25, 0.3) is 0 Å². The minimum atomic E-state index is -5.43. The van der Waals surface area contributed by atoms with Crippen molar-refractivity contribution >= 4 is 31.9 Å². The van der Waals surface area contributed by atoms with E-state index < -0.39 is 30.1 Å². The molecule has 0 aliphatic rings. The summed E-state index contributed by atoms with van der Waals surface area (Å²) in [6, 6.07) is -0.902. The van der Waals surface area contributed by atoms with Crippen molar-refractivity contribution in [2.24, 2.45) is 5.73 Å². The summed E-state index contributed by atoms with van der Waals surface area (Å²) in [6.45, 7) is 3.32. The predicted molar refractivity (Wildman–Crippen MR) is 51.7 cm³/mol. The van der Waals surface area contributed by atoms with Gasteiger partial charge in [0.15, 0.2) is 0 Å². The van der Waals surface area contributed by atoms with Gasteiger partial charge in [-0.05, 0) is 21.4 Å². The van der Waals surface area contributed by atoms with Crippen LogP contribution in [-0.4, -0.2) is 27.6 Å². The van der Waals surface area contributed by atoms with E-state index in [4.69, 9.17) is 35.1 Å². The molecule has 13 heteroatoms. The number of carboxylic acids is 1. The Hall–Kier alpha value is 2.40. The molecule has 0 aliphatic heterocycles. The van der Waals surface area contributed by atoms with Gasteiger partial charge in [0.1, 0.15) is 6.04 Å². The average Bonchev–Trinajstić information content (AvgIpc) is 2.00. The molecule has 0 spiro atoms. The molecule has 19 heavy (non-hydrogen) atoms. The van der Waals surface area contributed by atoms with E-state index in [0.29, 0.717) is 0 Å². The Morgan fingerprint density at radius 1 is 1.26 bits per heavy atom. The van der Waals surface area contributed by atoms with Crippen molar-refractivity contribution in [3.8, 4) is 0 Å². The quantitative estimate of drug-likeness (QED) is 0.258. The second kappa shape index (κ2) is 14.0. The van der Waals surface area contributed by atoms with Gasteiger partial charge < -0.3 is 35.1 Å². The first-order chi connectivity index (χ1) is 6.80. The van der Waals surface area contributed by atoms with Gasteiger partial charge in [-0.15, -0.1) is 0 Å². The van der Waals surface area contributed by atoms with E-state index in [1.165, 1.54) is 0 Å². The Kier molecular flexibility index (Phi) is 24.4. The summed E-state index contributed by atoms with van der Waals surface area (Å²) in [6.07, 6.45) is 0. The van der Waals surface area contributed by atoms with Crippen LogP contribution in [0.4, 0.5) is 4.79 Å². The van der Waals surface area contributed by atoms with E-state index in [2.05, 4.69) is 12.6 Å². The smallest absolute Gasteiger partial charge is 0.807 e. The fourth-order valence-corrected chi connectivity index (χ4v) is 0.413. The van der Waals surface area contributed by atoms with Gasteiger partial charge in [0, 0.05) is 4.75 Å². The molecule has 0 radical (unpaired) electrons. The van der Waals surface area contributed by atoms with E-state index in [9.17, 15) is 4.79 Å². The first kappa shape index (κ1) is 33.1. The third-order valence-electron chi connectivity index (χ3n) is 1.25. The molecule has 3 N–H and O–H groups in total. The Morgan fingerprint density at radius 3 is 1.47 bits per heavy atom. The second-order valence-corrected chi connectivity index (χ2v) is 5.75. The maximum atomic E-state index is 10.2. The fraction of sp³-hybridized carbons (Fsp3) is 0.667. The third kappa shape index (κ3) is 20.4. The Balaban J connectivity index is -0.0000000607. The van der Waals surface area contributed by atoms with Gasteiger partial charge >= 0.3 is 94.6 Å². The van der Waals surface area contributed by atoms with Crippen molar-refractivity contribution in [1.82, 2.24) is 0 Å². The second-order valence-electron chi connectivity index (χ2n) is 3.23. The van der Waals surface area contributed by atoms with Crippen LogP contribution < -0.4 is 109 Å². The van der Waals surface area contributed by atoms with Gasteiger partial charge in [0.25, 0.3) is 0 Å². The molecule has 0 bridgehead atoms. The number of carbonyl (C=O) groups is 2. The SMILES string of the molecule is CC(C)(S)[C@H](N)C(=O)O.O=C([O-])P(=O)([O-])[O-].[Na+].[Na+].[Na+]. The van der Waals surface area contributed by atoms with Gasteiger partial charge in [-0.2, -0.15) is 12.6 Å². The molecule has 96 valence electrons. The fourth-order valence-electron chi connectivity index (χ4n) is 0.302. The minimum Gasteiger partial charge on any atom is -0.807 e. The Morgan fingerprint density at radius 2 is 1.47 bits per heavy atom. The summed E-state index contributed by atoms with van der Waals surface area (Å²) >= 11 is 3.98. The molecule has 0 saturated heterocycles. The van der Waals surface area contributed by atoms with Crippen molar-refractivity contribution in [3.05, 3.63) is 0 Å². The maximum Gasteiger partial charge on any atom is 1.00 e. The number of nitrogens with two attached hydrogens (primary N) is 1. The van der Waals surface area contributed by atoms with Crippen LogP contribution in [0.3, 0.4) is 0 Å². The molecule has 0 aliphatic carbocycles. The van der Waals surface area contributed by atoms with Gasteiger partial charge in [0.2, 0.25) is 0 Å². The summed E-state index contributed by atoms with van der Waals surface area (Å²) in [5.74, 6) is -1.02. The number of hydrogen-bond acceptors (Lipinski definition) is 8. The van der Waals surface area contributed by atoms with Crippen LogP contribution in [0.15, 0.2) is 0 Å². The maximum absolute atomic E-state index is 10.2. The van der Waals surface area contributed by atoms with Crippen LogP contribution in [0.1, 0.15) is 13.8 Å². The van der Waals surface area contributed by atoms with Crippen LogP contribution in [0.5, 0.6) is 0 Å². The van der Waals surface area contributed by atoms with Crippen molar-refractivity contribution in [2.75, 3.05) is 0 Å². The zero-order valence-electron chi connectivity index (χ0n) is 11.4. The molecule has 1 atom stereocenters. The number of carbonyl (C=O) groups excluding carboxylic acids is 1. The summed E-state index contributed by atoms with van der Waals surface area (Å²) in [7, 11) is -5.43. The molecule has 0 fully saturated rings. The van der Waals surface area contributed by atoms with E-state index in [0.717, 1.165) is 0 Å². The van der Waals surface area contributed by atoms with Gasteiger partial charge in [-0.3, -0.25) is 4.79 Å². The first-order valence-electron chi connectivity index (χ1n) is 3.74. The molecule has 0 saturated carbocycles. The minimum absolute atomic E-state index is 0. The third-order valence-corrected chi connectivity index (χ3v) is 1.98. The van der Waals surface area contributed by atoms with Crippen LogP contribution in [0, 0.1) is 0 Å². The first-order valence-corrected chi connectivity index (χ1v) is 5.73. The molecule has 0 rings (SSSR count). The van der Waals surface area contributed by atoms with Gasteiger partial charge in [-0.1, -0.05) is 0 Å². The normalized spacial score (nSPS) is 11.3. The summed E-state index contributed by atoms with van der Waals surface area (Å²) < 4.78 is 8.49. The number of rotatable bonds is 3. The number of hydrogen-bond donors (Lipinski definition) is 3. The van der Waals surface area contributed by atoms with Crippen molar-refractivity contribution < 1.29 is 123 Å². The van der Waals surface area contributed by atoms with E-state index in [-0.39, 0.29) is 88.7 Å². The molecule has 0 amide bonds. The molecular weight excluding hydrogens is 330 g/mol. The van der Waals surface area contributed by atoms with E-state index >= 15 is 0 Å². The molecule has 0 aromatic heterocycles. The molecule has 0 aromatic carbocycles. The van der Waals surface area contributed by atoms with E-state index in [1.807, 2.05) is 0 Å². The Bertz CT molecular complexity index is 318. The van der Waals surface area contributed by atoms with Crippen molar-refractivity contribution in [1.29, 1.82) is 0 Å². The molecule has 0 aromatic rings. The van der Waals surface area contributed by atoms with Crippen molar-refractivity contribution in [3.63, 3.8) is 0 Å². The standard InChI is InChI=1S/C5H11NO2S.CH3O5P.3Na/c1-5(2,9)3(6)4(7)8;2-1(3)7(4,5)6;;;/h3,9H,6H2,1-2H3,(H,7,8);(H,2,3)(H2,4,5,6);;;/q;;3*+1/p-3/t3-;;;;/m1..../s1. The number of aliphatic carboxylic acids is 1. The summed E-state index contributed by atoms with van der Waals surface area (Å²) in [5.41, 5.74) is 2.66. The molecule has 0 heterocycles. The zero-order chi connectivity index (χ0) is 13.7. The molecule has 8 nitrogen and oxygen atoms in total. The van der Waals surface area contributed by atoms with Gasteiger partial charge in [-0.25, -0.2) is 0 Å². The summed E-state index contributed by atoms with van der Waals surface area (Å²) in [4.78, 5) is 37.5. The topological polar surface area (TPSA) is 167 Å². The largest absolute Gasteiger partial charge is 1.00 e. The van der Waals surface area contributed by atoms with Crippen LogP contribution in [0.2, 0.25) is 0 Å².